The van der Waals surface area contributed by atoms with E-state index in [1.165, 1.54) is 12.7 Å². The van der Waals surface area contributed by atoms with E-state index in [9.17, 15) is 4.79 Å². The SMILES string of the molecule is COC(=O)COc1ccc(OCCNCc2ccccc2)cc1.Cl. The number of hydrogen-bond donors (Lipinski definition) is 1. The van der Waals surface area contributed by atoms with Gasteiger partial charge < -0.3 is 19.5 Å². The molecule has 2 rings (SSSR count). The summed E-state index contributed by atoms with van der Waals surface area (Å²) in [5, 5.41) is 3.32. The molecule has 0 aliphatic carbocycles. The van der Waals surface area contributed by atoms with Crippen molar-refractivity contribution in [2.24, 2.45) is 0 Å². The quantitative estimate of drug-likeness (QED) is 0.556. The summed E-state index contributed by atoms with van der Waals surface area (Å²) in [4.78, 5) is 11.0. The predicted molar refractivity (Wildman–Crippen MR) is 94.8 cm³/mol. The second kappa shape index (κ2) is 11.3. The fraction of sp³-hybridized carbons (Fsp3) is 0.278. The third kappa shape index (κ3) is 7.35. The lowest BCUT2D eigenvalue weighted by atomic mass is 10.2. The largest absolute Gasteiger partial charge is 0.492 e. The summed E-state index contributed by atoms with van der Waals surface area (Å²) in [5.74, 6) is 0.955. The lowest BCUT2D eigenvalue weighted by Crippen LogP contribution is -2.20. The number of carbonyl (C=O) groups is 1. The standard InChI is InChI=1S/C18H21NO4.ClH/c1-21-18(20)14-23-17-9-7-16(8-10-17)22-12-11-19-13-15-5-3-2-4-6-15;/h2-10,19H,11-14H2,1H3;1H. The first-order valence-corrected chi connectivity index (χ1v) is 7.45. The molecular formula is C18H22ClNO4. The van der Waals surface area contributed by atoms with Gasteiger partial charge in [0.05, 0.1) is 7.11 Å². The molecule has 0 aliphatic rings. The molecule has 0 spiro atoms. The summed E-state index contributed by atoms with van der Waals surface area (Å²) in [6.45, 7) is 2.06. The maximum atomic E-state index is 11.0. The highest BCUT2D eigenvalue weighted by atomic mass is 35.5. The van der Waals surface area contributed by atoms with Crippen LogP contribution in [0.25, 0.3) is 0 Å². The molecule has 0 heterocycles. The van der Waals surface area contributed by atoms with Crippen molar-refractivity contribution in [1.29, 1.82) is 0 Å². The van der Waals surface area contributed by atoms with E-state index < -0.39 is 5.97 Å². The zero-order valence-electron chi connectivity index (χ0n) is 13.6. The Kier molecular flexibility index (Phi) is 9.34. The minimum absolute atomic E-state index is 0. The number of methoxy groups -OCH3 is 1. The molecule has 2 aromatic rings. The molecule has 0 amide bonds. The predicted octanol–water partition coefficient (Wildman–Crippen LogP) is 2.83. The first-order valence-electron chi connectivity index (χ1n) is 7.45. The molecule has 0 aromatic heterocycles. The highest BCUT2D eigenvalue weighted by Gasteiger charge is 2.02. The number of rotatable bonds is 9. The van der Waals surface area contributed by atoms with Crippen LogP contribution in [0.5, 0.6) is 11.5 Å². The molecule has 6 heteroatoms. The Hall–Kier alpha value is -2.24. The van der Waals surface area contributed by atoms with E-state index in [0.29, 0.717) is 12.4 Å². The van der Waals surface area contributed by atoms with E-state index in [4.69, 9.17) is 9.47 Å². The summed E-state index contributed by atoms with van der Waals surface area (Å²) in [6, 6.07) is 17.4. The molecule has 0 radical (unpaired) electrons. The summed E-state index contributed by atoms with van der Waals surface area (Å²) >= 11 is 0. The smallest absolute Gasteiger partial charge is 0.343 e. The van der Waals surface area contributed by atoms with Crippen LogP contribution >= 0.6 is 12.4 Å². The lowest BCUT2D eigenvalue weighted by molar-refractivity contribution is -0.142. The Bertz CT molecular complexity index is 590. The summed E-state index contributed by atoms with van der Waals surface area (Å²) in [7, 11) is 1.33. The Balaban J connectivity index is 0.00000288. The highest BCUT2D eigenvalue weighted by molar-refractivity contribution is 5.85. The van der Waals surface area contributed by atoms with Crippen molar-refractivity contribution in [1.82, 2.24) is 5.32 Å². The van der Waals surface area contributed by atoms with Gasteiger partial charge in [-0.25, -0.2) is 4.79 Å². The summed E-state index contributed by atoms with van der Waals surface area (Å²) < 4.78 is 15.4. The molecule has 2 aromatic carbocycles. The molecule has 5 nitrogen and oxygen atoms in total. The van der Waals surface area contributed by atoms with Crippen molar-refractivity contribution in [3.05, 3.63) is 60.2 Å². The van der Waals surface area contributed by atoms with Crippen LogP contribution < -0.4 is 14.8 Å². The minimum atomic E-state index is -0.408. The second-order valence-electron chi connectivity index (χ2n) is 4.85. The number of hydrogen-bond acceptors (Lipinski definition) is 5. The fourth-order valence-electron chi connectivity index (χ4n) is 1.90. The minimum Gasteiger partial charge on any atom is -0.492 e. The van der Waals surface area contributed by atoms with E-state index in [1.807, 2.05) is 30.3 Å². The monoisotopic (exact) mass is 351 g/mol. The maximum Gasteiger partial charge on any atom is 0.343 e. The number of ether oxygens (including phenoxy) is 3. The van der Waals surface area contributed by atoms with Gasteiger partial charge in [0.25, 0.3) is 0 Å². The third-order valence-corrected chi connectivity index (χ3v) is 3.13. The Labute approximate surface area is 148 Å². The number of carbonyl (C=O) groups excluding carboxylic acids is 1. The van der Waals surface area contributed by atoms with Gasteiger partial charge in [-0.05, 0) is 29.8 Å². The van der Waals surface area contributed by atoms with Crippen molar-refractivity contribution in [3.8, 4) is 11.5 Å². The van der Waals surface area contributed by atoms with Crippen molar-refractivity contribution in [2.75, 3.05) is 26.9 Å². The molecule has 1 N–H and O–H groups in total. The van der Waals surface area contributed by atoms with Crippen LogP contribution in [0.4, 0.5) is 0 Å². The fourth-order valence-corrected chi connectivity index (χ4v) is 1.90. The van der Waals surface area contributed by atoms with Crippen molar-refractivity contribution in [2.45, 2.75) is 6.54 Å². The first kappa shape index (κ1) is 19.8. The van der Waals surface area contributed by atoms with E-state index in [-0.39, 0.29) is 19.0 Å². The molecule has 0 bridgehead atoms. The zero-order chi connectivity index (χ0) is 16.3. The van der Waals surface area contributed by atoms with Gasteiger partial charge >= 0.3 is 5.97 Å². The number of esters is 1. The van der Waals surface area contributed by atoms with Crippen LogP contribution in [0.15, 0.2) is 54.6 Å². The van der Waals surface area contributed by atoms with Crippen LogP contribution in [0.3, 0.4) is 0 Å². The van der Waals surface area contributed by atoms with Crippen LogP contribution in [0.1, 0.15) is 5.56 Å². The Morgan fingerprint density at radius 2 is 1.58 bits per heavy atom. The van der Waals surface area contributed by atoms with Gasteiger partial charge in [-0.15, -0.1) is 12.4 Å². The lowest BCUT2D eigenvalue weighted by Gasteiger charge is -2.09. The van der Waals surface area contributed by atoms with Crippen molar-refractivity contribution >= 4 is 18.4 Å². The molecule has 130 valence electrons. The molecule has 0 aliphatic heterocycles. The van der Waals surface area contributed by atoms with Gasteiger partial charge in [0.2, 0.25) is 0 Å². The van der Waals surface area contributed by atoms with Gasteiger partial charge in [0, 0.05) is 13.1 Å². The number of halogens is 1. The van der Waals surface area contributed by atoms with Crippen LogP contribution in [-0.2, 0) is 16.1 Å². The normalized spacial score (nSPS) is 9.71. The van der Waals surface area contributed by atoms with Gasteiger partial charge in [-0.1, -0.05) is 30.3 Å². The third-order valence-electron chi connectivity index (χ3n) is 3.13. The molecule has 0 fully saturated rings. The van der Waals surface area contributed by atoms with Gasteiger partial charge in [0.15, 0.2) is 6.61 Å². The molecular weight excluding hydrogens is 330 g/mol. The molecule has 0 saturated carbocycles. The van der Waals surface area contributed by atoms with Crippen LogP contribution in [0.2, 0.25) is 0 Å². The molecule has 0 saturated heterocycles. The maximum absolute atomic E-state index is 11.0. The average Bonchev–Trinajstić information content (AvgIpc) is 2.61. The second-order valence-corrected chi connectivity index (χ2v) is 4.85. The molecule has 24 heavy (non-hydrogen) atoms. The van der Waals surface area contributed by atoms with Crippen LogP contribution in [0, 0.1) is 0 Å². The zero-order valence-corrected chi connectivity index (χ0v) is 14.4. The summed E-state index contributed by atoms with van der Waals surface area (Å²) in [6.07, 6.45) is 0. The average molecular weight is 352 g/mol. The van der Waals surface area contributed by atoms with Gasteiger partial charge in [-0.2, -0.15) is 0 Å². The van der Waals surface area contributed by atoms with E-state index in [0.717, 1.165) is 18.8 Å². The topological polar surface area (TPSA) is 56.8 Å². The molecule has 0 atom stereocenters. The van der Waals surface area contributed by atoms with Crippen LogP contribution in [-0.4, -0.2) is 32.8 Å². The number of benzene rings is 2. The van der Waals surface area contributed by atoms with E-state index in [2.05, 4.69) is 22.2 Å². The first-order chi connectivity index (χ1) is 11.3. The van der Waals surface area contributed by atoms with Crippen molar-refractivity contribution < 1.29 is 19.0 Å². The Morgan fingerprint density at radius 1 is 0.958 bits per heavy atom. The highest BCUT2D eigenvalue weighted by Crippen LogP contribution is 2.17. The number of nitrogens with one attached hydrogen (secondary N) is 1. The van der Waals surface area contributed by atoms with Crippen molar-refractivity contribution in [3.63, 3.8) is 0 Å². The summed E-state index contributed by atoms with van der Waals surface area (Å²) in [5.41, 5.74) is 1.25. The van der Waals surface area contributed by atoms with E-state index in [1.54, 1.807) is 12.1 Å². The van der Waals surface area contributed by atoms with Gasteiger partial charge in [0.1, 0.15) is 18.1 Å². The molecule has 0 unspecified atom stereocenters. The van der Waals surface area contributed by atoms with Gasteiger partial charge in [-0.3, -0.25) is 0 Å². The van der Waals surface area contributed by atoms with E-state index >= 15 is 0 Å². The Morgan fingerprint density at radius 3 is 2.21 bits per heavy atom.